The number of benzene rings is 2. The van der Waals surface area contributed by atoms with Gasteiger partial charge >= 0.3 is 6.18 Å². The summed E-state index contributed by atoms with van der Waals surface area (Å²) in [5.74, 6) is -0.680. The number of carbonyl (C=O) groups excluding carboxylic acids is 2. The zero-order valence-electron chi connectivity index (χ0n) is 21.6. The van der Waals surface area contributed by atoms with E-state index in [1.54, 1.807) is 79.3 Å². The topological polar surface area (TPSA) is 96.6 Å². The van der Waals surface area contributed by atoms with Crippen LogP contribution >= 0.6 is 0 Å². The molecule has 40 heavy (non-hydrogen) atoms. The molecule has 1 amide bonds. The number of allylic oxidation sites excluding steroid dienone is 5. The fraction of sp³-hybridized carbons (Fsp3) is 0.133. The van der Waals surface area contributed by atoms with E-state index in [0.29, 0.717) is 44.9 Å². The van der Waals surface area contributed by atoms with Crippen molar-refractivity contribution in [2.75, 3.05) is 11.9 Å². The Labute approximate surface area is 228 Å². The number of hydrogen-bond acceptors (Lipinski definition) is 5. The predicted octanol–water partition coefficient (Wildman–Crippen LogP) is 6.13. The number of aliphatic hydroxyl groups is 1. The molecule has 0 unspecified atom stereocenters. The fourth-order valence-electron chi connectivity index (χ4n) is 4.21. The molecular weight excluding hydrogens is 521 g/mol. The number of aromatic nitrogens is 3. The maximum atomic E-state index is 13.1. The molecule has 204 valence electrons. The predicted molar refractivity (Wildman–Crippen MR) is 146 cm³/mol. The highest BCUT2D eigenvalue weighted by molar-refractivity contribution is 6.04. The van der Waals surface area contributed by atoms with Gasteiger partial charge in [0, 0.05) is 34.1 Å². The van der Waals surface area contributed by atoms with Crippen molar-refractivity contribution in [2.45, 2.75) is 20.0 Å². The van der Waals surface area contributed by atoms with Crippen LogP contribution in [0.3, 0.4) is 0 Å². The molecule has 2 aromatic heterocycles. The van der Waals surface area contributed by atoms with Crippen molar-refractivity contribution in [3.63, 3.8) is 0 Å². The summed E-state index contributed by atoms with van der Waals surface area (Å²) in [7, 11) is 0. The lowest BCUT2D eigenvalue weighted by molar-refractivity contribution is -0.137. The number of rotatable bonds is 8. The molecule has 0 fully saturated rings. The molecule has 2 aromatic carbocycles. The molecule has 0 radical (unpaired) electrons. The van der Waals surface area contributed by atoms with Crippen molar-refractivity contribution in [3.05, 3.63) is 113 Å². The van der Waals surface area contributed by atoms with Crippen molar-refractivity contribution in [1.82, 2.24) is 14.6 Å². The molecule has 4 rings (SSSR count). The van der Waals surface area contributed by atoms with Crippen LogP contribution in [0.1, 0.15) is 35.3 Å². The van der Waals surface area contributed by atoms with E-state index in [1.807, 2.05) is 0 Å². The minimum Gasteiger partial charge on any atom is -0.392 e. The molecule has 0 saturated carbocycles. The van der Waals surface area contributed by atoms with E-state index in [9.17, 15) is 27.9 Å². The number of hydrogen-bond donors (Lipinski definition) is 2. The van der Waals surface area contributed by atoms with Gasteiger partial charge in [-0.2, -0.15) is 18.3 Å². The molecule has 2 heterocycles. The van der Waals surface area contributed by atoms with E-state index in [1.165, 1.54) is 12.1 Å². The summed E-state index contributed by atoms with van der Waals surface area (Å²) in [6.45, 7) is 3.36. The number of aldehydes is 1. The van der Waals surface area contributed by atoms with Gasteiger partial charge in [-0.15, -0.1) is 0 Å². The van der Waals surface area contributed by atoms with Gasteiger partial charge in [-0.05, 0) is 61.4 Å². The summed E-state index contributed by atoms with van der Waals surface area (Å²) in [6.07, 6.45) is 4.37. The van der Waals surface area contributed by atoms with Crippen molar-refractivity contribution >= 4 is 29.1 Å². The van der Waals surface area contributed by atoms with Crippen molar-refractivity contribution in [3.8, 4) is 11.3 Å². The van der Waals surface area contributed by atoms with E-state index >= 15 is 0 Å². The third-order valence-corrected chi connectivity index (χ3v) is 6.22. The van der Waals surface area contributed by atoms with E-state index < -0.39 is 17.6 Å². The van der Waals surface area contributed by atoms with Gasteiger partial charge in [0.1, 0.15) is 6.29 Å². The average Bonchev–Trinajstić information content (AvgIpc) is 3.38. The van der Waals surface area contributed by atoms with Crippen LogP contribution < -0.4 is 5.32 Å². The summed E-state index contributed by atoms with van der Waals surface area (Å²) in [4.78, 5) is 28.8. The minimum atomic E-state index is -4.56. The molecule has 0 saturated heterocycles. The minimum absolute atomic E-state index is 0.121. The molecule has 0 spiro atoms. The Bertz CT molecular complexity index is 1670. The molecule has 4 aromatic rings. The molecule has 0 aliphatic carbocycles. The first-order valence-corrected chi connectivity index (χ1v) is 12.2. The maximum Gasteiger partial charge on any atom is 0.416 e. The Morgan fingerprint density at radius 2 is 1.90 bits per heavy atom. The Kier molecular flexibility index (Phi) is 8.40. The van der Waals surface area contributed by atoms with Gasteiger partial charge in [-0.1, -0.05) is 36.4 Å². The van der Waals surface area contributed by atoms with Crippen LogP contribution in [0, 0.1) is 0 Å². The number of carbonyl (C=O) groups is 2. The Morgan fingerprint density at radius 1 is 1.12 bits per heavy atom. The van der Waals surface area contributed by atoms with E-state index in [-0.39, 0.29) is 12.2 Å². The number of nitrogens with one attached hydrogen (secondary N) is 1. The quantitative estimate of drug-likeness (QED) is 0.157. The van der Waals surface area contributed by atoms with Crippen LogP contribution in [0.4, 0.5) is 18.9 Å². The van der Waals surface area contributed by atoms with Crippen molar-refractivity contribution in [1.29, 1.82) is 0 Å². The molecule has 2 N–H and O–H groups in total. The number of halogens is 3. The third-order valence-electron chi connectivity index (χ3n) is 6.22. The van der Waals surface area contributed by atoms with Gasteiger partial charge in [0.15, 0.2) is 5.65 Å². The van der Waals surface area contributed by atoms with Crippen LogP contribution in [0.25, 0.3) is 22.5 Å². The fourth-order valence-corrected chi connectivity index (χ4v) is 4.21. The first-order chi connectivity index (χ1) is 19.2. The second kappa shape index (κ2) is 11.9. The number of nitrogens with zero attached hydrogens (tertiary/aromatic N) is 3. The smallest absolute Gasteiger partial charge is 0.392 e. The van der Waals surface area contributed by atoms with Gasteiger partial charge in [0.25, 0.3) is 5.91 Å². The summed E-state index contributed by atoms with van der Waals surface area (Å²) < 4.78 is 40.8. The summed E-state index contributed by atoms with van der Waals surface area (Å²) in [5.41, 5.74) is 3.61. The highest BCUT2D eigenvalue weighted by Crippen LogP contribution is 2.31. The molecule has 0 aliphatic heterocycles. The Balaban J connectivity index is 1.72. The molecule has 0 aliphatic rings. The van der Waals surface area contributed by atoms with Crippen LogP contribution in [-0.4, -0.2) is 38.5 Å². The lowest BCUT2D eigenvalue weighted by atomic mass is 9.97. The first kappa shape index (κ1) is 28.2. The summed E-state index contributed by atoms with van der Waals surface area (Å²) in [5, 5.41) is 16.5. The van der Waals surface area contributed by atoms with E-state index in [2.05, 4.69) is 15.4 Å². The second-order valence-electron chi connectivity index (χ2n) is 8.72. The van der Waals surface area contributed by atoms with Crippen LogP contribution in [0.15, 0.2) is 96.4 Å². The van der Waals surface area contributed by atoms with Crippen LogP contribution in [-0.2, 0) is 11.0 Å². The highest BCUT2D eigenvalue weighted by atomic mass is 19.4. The average molecular weight is 547 g/mol. The standard InChI is InChI=1S/C30H25F3N4O3/c1-3-20(18-39)19(2)25(11-6-14-38)26-17-35-37-27(12-13-34-28(26)37)21-7-5-10-24(16-21)36-29(40)22-8-4-9-23(15-22)30(31,32)33/h3-13,15-18,38H,14H2,1-2H3,(H,36,40)/b11-6+,20-3-,25-19+. The van der Waals surface area contributed by atoms with E-state index in [0.717, 1.165) is 18.4 Å². The zero-order valence-corrected chi connectivity index (χ0v) is 21.6. The van der Waals surface area contributed by atoms with Crippen LogP contribution in [0.5, 0.6) is 0 Å². The van der Waals surface area contributed by atoms with Gasteiger partial charge in [0.05, 0.1) is 24.1 Å². The molecule has 10 heteroatoms. The van der Waals surface area contributed by atoms with Gasteiger partial charge < -0.3 is 10.4 Å². The third kappa shape index (κ3) is 5.92. The number of fused-ring (bicyclic) bond motifs is 1. The normalized spacial score (nSPS) is 13.0. The lowest BCUT2D eigenvalue weighted by Crippen LogP contribution is -2.14. The van der Waals surface area contributed by atoms with Gasteiger partial charge in [0.2, 0.25) is 0 Å². The van der Waals surface area contributed by atoms with Gasteiger partial charge in [-0.3, -0.25) is 9.59 Å². The monoisotopic (exact) mass is 546 g/mol. The number of alkyl halides is 3. The largest absolute Gasteiger partial charge is 0.416 e. The van der Waals surface area contributed by atoms with Crippen molar-refractivity contribution < 1.29 is 27.9 Å². The van der Waals surface area contributed by atoms with Crippen LogP contribution in [0.2, 0.25) is 0 Å². The SMILES string of the molecule is C\C=C(C=O)/C(C)=C(\C=C\CO)c1cnn2c(-c3cccc(NC(=O)c4cccc(C(F)(F)F)c4)c3)ccnc12. The number of amides is 1. The maximum absolute atomic E-state index is 13.1. The molecule has 0 atom stereocenters. The van der Waals surface area contributed by atoms with Crippen molar-refractivity contribution in [2.24, 2.45) is 0 Å². The molecular formula is C30H25F3N4O3. The summed E-state index contributed by atoms with van der Waals surface area (Å²) >= 11 is 0. The van der Waals surface area contributed by atoms with Gasteiger partial charge in [-0.25, -0.2) is 9.50 Å². The molecule has 0 bridgehead atoms. The first-order valence-electron chi connectivity index (χ1n) is 12.2. The number of anilines is 1. The Hall–Kier alpha value is -4.83. The molecule has 7 nitrogen and oxygen atoms in total. The summed E-state index contributed by atoms with van der Waals surface area (Å²) in [6, 6.07) is 12.8. The van der Waals surface area contributed by atoms with E-state index in [4.69, 9.17) is 0 Å². The lowest BCUT2D eigenvalue weighted by Gasteiger charge is -2.11. The highest BCUT2D eigenvalue weighted by Gasteiger charge is 2.31. The Morgan fingerprint density at radius 3 is 2.60 bits per heavy atom. The second-order valence-corrected chi connectivity index (χ2v) is 8.72. The zero-order chi connectivity index (χ0) is 28.9. The number of aliphatic hydroxyl groups excluding tert-OH is 1.